The second-order valence-corrected chi connectivity index (χ2v) is 6.01. The maximum absolute atomic E-state index is 13.4. The van der Waals surface area contributed by atoms with Crippen LogP contribution in [0.2, 0.25) is 0 Å². The molecule has 0 aliphatic rings. The molecule has 0 amide bonds. The Labute approximate surface area is 133 Å². The second kappa shape index (κ2) is 7.57. The smallest absolute Gasteiger partial charge is 0.137 e. The zero-order valence-corrected chi connectivity index (χ0v) is 13.8. The Hall–Kier alpha value is -1.39. The van der Waals surface area contributed by atoms with Gasteiger partial charge in [0.25, 0.3) is 0 Å². The van der Waals surface area contributed by atoms with Gasteiger partial charge in [0.2, 0.25) is 0 Å². The molecule has 0 spiro atoms. The normalized spacial score (nSPS) is 12.2. The first-order valence-corrected chi connectivity index (χ1v) is 7.70. The summed E-state index contributed by atoms with van der Waals surface area (Å²) in [4.78, 5) is 0. The van der Waals surface area contributed by atoms with Gasteiger partial charge in [0, 0.05) is 12.6 Å². The summed E-state index contributed by atoms with van der Waals surface area (Å²) < 4.78 is 19.6. The summed E-state index contributed by atoms with van der Waals surface area (Å²) in [7, 11) is 0. The SMILES string of the molecule is Cc1ccc(OCC(C)NCc2ccc(Br)c(F)c2)cc1. The van der Waals surface area contributed by atoms with Gasteiger partial charge in [0.15, 0.2) is 0 Å². The molecule has 0 aliphatic heterocycles. The standard InChI is InChI=1S/C17H19BrFNO/c1-12-3-6-15(7-4-12)21-11-13(2)20-10-14-5-8-16(18)17(19)9-14/h3-9,13,20H,10-11H2,1-2H3. The van der Waals surface area contributed by atoms with Crippen molar-refractivity contribution >= 4 is 15.9 Å². The molecule has 112 valence electrons. The van der Waals surface area contributed by atoms with Crippen LogP contribution in [0.1, 0.15) is 18.1 Å². The number of halogens is 2. The predicted octanol–water partition coefficient (Wildman–Crippen LogP) is 4.45. The van der Waals surface area contributed by atoms with Gasteiger partial charge in [-0.25, -0.2) is 4.39 Å². The third-order valence-corrected chi connectivity index (χ3v) is 3.80. The first-order valence-electron chi connectivity index (χ1n) is 6.91. The van der Waals surface area contributed by atoms with Crippen molar-refractivity contribution in [2.75, 3.05) is 6.61 Å². The molecule has 2 aromatic carbocycles. The fraction of sp³-hybridized carbons (Fsp3) is 0.294. The van der Waals surface area contributed by atoms with Crippen LogP contribution in [0.25, 0.3) is 0 Å². The van der Waals surface area contributed by atoms with E-state index >= 15 is 0 Å². The minimum atomic E-state index is -0.238. The topological polar surface area (TPSA) is 21.3 Å². The van der Waals surface area contributed by atoms with Crippen molar-refractivity contribution < 1.29 is 9.13 Å². The van der Waals surface area contributed by atoms with Crippen molar-refractivity contribution in [3.05, 3.63) is 63.9 Å². The van der Waals surface area contributed by atoms with Gasteiger partial charge in [0.1, 0.15) is 18.2 Å². The number of hydrogen-bond acceptors (Lipinski definition) is 2. The number of hydrogen-bond donors (Lipinski definition) is 1. The average Bonchev–Trinajstić information content (AvgIpc) is 2.48. The number of nitrogens with one attached hydrogen (secondary N) is 1. The molecule has 0 aromatic heterocycles. The molecule has 0 saturated heterocycles. The third-order valence-electron chi connectivity index (χ3n) is 3.16. The summed E-state index contributed by atoms with van der Waals surface area (Å²) in [5.41, 5.74) is 2.13. The Balaban J connectivity index is 1.77. The summed E-state index contributed by atoms with van der Waals surface area (Å²) in [6.45, 7) is 5.28. The van der Waals surface area contributed by atoms with Gasteiger partial charge in [-0.3, -0.25) is 0 Å². The van der Waals surface area contributed by atoms with Gasteiger partial charge in [-0.1, -0.05) is 23.8 Å². The van der Waals surface area contributed by atoms with Crippen molar-refractivity contribution in [3.8, 4) is 5.75 Å². The molecule has 2 rings (SSSR count). The van der Waals surface area contributed by atoms with Crippen molar-refractivity contribution in [1.82, 2.24) is 5.32 Å². The molecule has 0 saturated carbocycles. The van der Waals surface area contributed by atoms with Crippen LogP contribution in [0.15, 0.2) is 46.9 Å². The van der Waals surface area contributed by atoms with E-state index in [0.717, 1.165) is 11.3 Å². The fourth-order valence-corrected chi connectivity index (χ4v) is 2.10. The van der Waals surface area contributed by atoms with E-state index in [1.54, 1.807) is 6.07 Å². The minimum Gasteiger partial charge on any atom is -0.492 e. The highest BCUT2D eigenvalue weighted by Gasteiger charge is 2.05. The van der Waals surface area contributed by atoms with Crippen LogP contribution in [0.3, 0.4) is 0 Å². The van der Waals surface area contributed by atoms with Gasteiger partial charge in [-0.05, 0) is 59.6 Å². The van der Waals surface area contributed by atoms with Gasteiger partial charge in [-0.2, -0.15) is 0 Å². The van der Waals surface area contributed by atoms with Crippen molar-refractivity contribution in [2.24, 2.45) is 0 Å². The monoisotopic (exact) mass is 351 g/mol. The van der Waals surface area contributed by atoms with E-state index in [9.17, 15) is 4.39 Å². The number of aryl methyl sites for hydroxylation is 1. The van der Waals surface area contributed by atoms with E-state index in [0.29, 0.717) is 17.6 Å². The molecular formula is C17H19BrFNO. The van der Waals surface area contributed by atoms with Crippen LogP contribution in [0.5, 0.6) is 5.75 Å². The Kier molecular flexibility index (Phi) is 5.76. The van der Waals surface area contributed by atoms with E-state index in [4.69, 9.17) is 4.74 Å². The van der Waals surface area contributed by atoms with Gasteiger partial charge >= 0.3 is 0 Å². The molecule has 0 aliphatic carbocycles. The summed E-state index contributed by atoms with van der Waals surface area (Å²) in [6.07, 6.45) is 0. The first kappa shape index (κ1) is 16.0. The van der Waals surface area contributed by atoms with E-state index < -0.39 is 0 Å². The highest BCUT2D eigenvalue weighted by molar-refractivity contribution is 9.10. The highest BCUT2D eigenvalue weighted by atomic mass is 79.9. The highest BCUT2D eigenvalue weighted by Crippen LogP contribution is 2.16. The lowest BCUT2D eigenvalue weighted by atomic mass is 10.2. The molecule has 1 atom stereocenters. The van der Waals surface area contributed by atoms with Crippen LogP contribution < -0.4 is 10.1 Å². The molecule has 0 heterocycles. The summed E-state index contributed by atoms with van der Waals surface area (Å²) in [5, 5.41) is 3.32. The lowest BCUT2D eigenvalue weighted by molar-refractivity contribution is 0.272. The lowest BCUT2D eigenvalue weighted by Crippen LogP contribution is -2.31. The fourth-order valence-electron chi connectivity index (χ4n) is 1.86. The maximum Gasteiger partial charge on any atom is 0.137 e. The Morgan fingerprint density at radius 3 is 2.57 bits per heavy atom. The Morgan fingerprint density at radius 1 is 1.19 bits per heavy atom. The summed E-state index contributed by atoms with van der Waals surface area (Å²) in [6, 6.07) is 13.3. The van der Waals surface area contributed by atoms with Crippen molar-refractivity contribution in [3.63, 3.8) is 0 Å². The summed E-state index contributed by atoms with van der Waals surface area (Å²) >= 11 is 3.15. The molecule has 4 heteroatoms. The molecule has 21 heavy (non-hydrogen) atoms. The van der Waals surface area contributed by atoms with E-state index in [1.807, 2.05) is 44.2 Å². The molecule has 0 radical (unpaired) electrons. The van der Waals surface area contributed by atoms with E-state index in [-0.39, 0.29) is 11.9 Å². The van der Waals surface area contributed by atoms with E-state index in [1.165, 1.54) is 11.6 Å². The zero-order chi connectivity index (χ0) is 15.2. The lowest BCUT2D eigenvalue weighted by Gasteiger charge is -2.15. The third kappa shape index (κ3) is 5.14. The Bertz CT molecular complexity index is 586. The number of benzene rings is 2. The van der Waals surface area contributed by atoms with Gasteiger partial charge in [0.05, 0.1) is 4.47 Å². The van der Waals surface area contributed by atoms with Crippen molar-refractivity contribution in [2.45, 2.75) is 26.4 Å². The molecule has 1 unspecified atom stereocenters. The van der Waals surface area contributed by atoms with Crippen LogP contribution in [0, 0.1) is 12.7 Å². The number of ether oxygens (including phenoxy) is 1. The molecule has 0 fully saturated rings. The largest absolute Gasteiger partial charge is 0.492 e. The van der Waals surface area contributed by atoms with Crippen LogP contribution >= 0.6 is 15.9 Å². The summed E-state index contributed by atoms with van der Waals surface area (Å²) in [5.74, 6) is 0.627. The average molecular weight is 352 g/mol. The molecule has 0 bridgehead atoms. The Morgan fingerprint density at radius 2 is 1.90 bits per heavy atom. The molecule has 2 nitrogen and oxygen atoms in total. The minimum absolute atomic E-state index is 0.179. The first-order chi connectivity index (χ1) is 10.0. The number of rotatable bonds is 6. The quantitative estimate of drug-likeness (QED) is 0.829. The van der Waals surface area contributed by atoms with Crippen LogP contribution in [-0.2, 0) is 6.54 Å². The molecular weight excluding hydrogens is 333 g/mol. The van der Waals surface area contributed by atoms with Gasteiger partial charge in [-0.15, -0.1) is 0 Å². The van der Waals surface area contributed by atoms with Crippen LogP contribution in [-0.4, -0.2) is 12.6 Å². The predicted molar refractivity (Wildman–Crippen MR) is 87.1 cm³/mol. The second-order valence-electron chi connectivity index (χ2n) is 5.15. The molecule has 2 aromatic rings. The molecule has 1 N–H and O–H groups in total. The maximum atomic E-state index is 13.4. The van der Waals surface area contributed by atoms with E-state index in [2.05, 4.69) is 21.2 Å². The zero-order valence-electron chi connectivity index (χ0n) is 12.2. The van der Waals surface area contributed by atoms with Crippen molar-refractivity contribution in [1.29, 1.82) is 0 Å². The van der Waals surface area contributed by atoms with Crippen LogP contribution in [0.4, 0.5) is 4.39 Å². The van der Waals surface area contributed by atoms with Gasteiger partial charge < -0.3 is 10.1 Å².